The van der Waals surface area contributed by atoms with Crippen LogP contribution in [-0.2, 0) is 40.8 Å². The molecule has 0 aliphatic heterocycles. The average Bonchev–Trinajstić information content (AvgIpc) is 3.63. The summed E-state index contributed by atoms with van der Waals surface area (Å²) in [4.78, 5) is 18.7. The van der Waals surface area contributed by atoms with E-state index in [1.54, 1.807) is 12.1 Å². The van der Waals surface area contributed by atoms with Crippen molar-refractivity contribution in [1.82, 2.24) is 29.9 Å². The Labute approximate surface area is 327 Å². The molecule has 3 atom stereocenters. The number of nitrogens with zero attached hydrogens (tertiary/aromatic N) is 5. The van der Waals surface area contributed by atoms with E-state index in [1.165, 1.54) is 37.7 Å². The molecule has 0 bridgehead atoms. The van der Waals surface area contributed by atoms with Crippen LogP contribution in [0.15, 0.2) is 42.5 Å². The van der Waals surface area contributed by atoms with Gasteiger partial charge in [0, 0.05) is 35.7 Å². The van der Waals surface area contributed by atoms with E-state index < -0.39 is 81.3 Å². The SMILES string of the molecule is Cn1nc(NS(C)(=O)=O)c2c(Cl)ccc(-c3ccc(C#CC(C)(C)O)nc3[C@H](Cc3cc(F)cc(F)c3)NC(=O)Cn3nc(C(F)F)c4c3C(F)(F)[C@@H]3CC[C@H]43)c21. The Balaban J connectivity index is 1.39. The van der Waals surface area contributed by atoms with E-state index in [1.807, 2.05) is 0 Å². The maximum atomic E-state index is 15.6. The smallest absolute Gasteiger partial charge is 0.293 e. The molecule has 2 aromatic carbocycles. The zero-order valence-electron chi connectivity index (χ0n) is 30.6. The molecule has 2 aliphatic rings. The molecule has 0 saturated heterocycles. The number of nitrogens with one attached hydrogen (secondary N) is 2. The first-order valence-electron chi connectivity index (χ1n) is 17.5. The summed E-state index contributed by atoms with van der Waals surface area (Å²) >= 11 is 6.58. The number of carbonyl (C=O) groups excluding carboxylic acids is 1. The number of hydrogen-bond donors (Lipinski definition) is 3. The van der Waals surface area contributed by atoms with Crippen LogP contribution in [0, 0.1) is 29.4 Å². The molecule has 3 heterocycles. The fraction of sp³-hybridized carbons (Fsp3) is 0.368. The van der Waals surface area contributed by atoms with E-state index in [2.05, 4.69) is 32.1 Å². The normalized spacial score (nSPS) is 17.8. The van der Waals surface area contributed by atoms with Crippen molar-refractivity contribution in [1.29, 1.82) is 0 Å². The van der Waals surface area contributed by atoms with Gasteiger partial charge in [-0.2, -0.15) is 19.0 Å². The molecule has 7 rings (SSSR count). The highest BCUT2D eigenvalue weighted by atomic mass is 35.5. The van der Waals surface area contributed by atoms with Crippen LogP contribution in [-0.4, -0.2) is 55.8 Å². The summed E-state index contributed by atoms with van der Waals surface area (Å²) in [5, 5.41) is 21.4. The molecule has 3 aromatic heterocycles. The van der Waals surface area contributed by atoms with Gasteiger partial charge in [0.2, 0.25) is 15.9 Å². The first kappa shape index (κ1) is 40.1. The lowest BCUT2D eigenvalue weighted by molar-refractivity contribution is -0.123. The maximum Gasteiger partial charge on any atom is 0.293 e. The lowest BCUT2D eigenvalue weighted by Gasteiger charge is -2.34. The van der Waals surface area contributed by atoms with Crippen molar-refractivity contribution >= 4 is 44.3 Å². The monoisotopic (exact) mass is 833 g/mol. The fourth-order valence-electron chi connectivity index (χ4n) is 7.60. The number of aryl methyl sites for hydroxylation is 1. The second-order valence-corrected chi connectivity index (χ2v) is 16.9. The van der Waals surface area contributed by atoms with Gasteiger partial charge in [-0.1, -0.05) is 23.6 Å². The predicted octanol–water partition coefficient (Wildman–Crippen LogP) is 6.89. The molecule has 1 amide bonds. The van der Waals surface area contributed by atoms with Gasteiger partial charge in [-0.3, -0.25) is 18.9 Å². The van der Waals surface area contributed by atoms with Gasteiger partial charge in [0.1, 0.15) is 40.9 Å². The third-order valence-electron chi connectivity index (χ3n) is 9.90. The number of fused-ring (bicyclic) bond motifs is 4. The number of halogens is 7. The van der Waals surface area contributed by atoms with Gasteiger partial charge < -0.3 is 10.4 Å². The van der Waals surface area contributed by atoms with Crippen molar-refractivity contribution in [2.75, 3.05) is 11.0 Å². The molecule has 5 aromatic rings. The van der Waals surface area contributed by atoms with Crippen molar-refractivity contribution in [2.24, 2.45) is 13.0 Å². The molecule has 11 nitrogen and oxygen atoms in total. The molecule has 1 saturated carbocycles. The van der Waals surface area contributed by atoms with Gasteiger partial charge >= 0.3 is 0 Å². The van der Waals surface area contributed by atoms with E-state index in [0.717, 1.165) is 18.4 Å². The quantitative estimate of drug-likeness (QED) is 0.103. The molecule has 19 heteroatoms. The summed E-state index contributed by atoms with van der Waals surface area (Å²) in [5.74, 6) is -3.06. The Kier molecular flexibility index (Phi) is 10.1. The second-order valence-electron chi connectivity index (χ2n) is 14.7. The van der Waals surface area contributed by atoms with Gasteiger partial charge in [-0.05, 0) is 80.8 Å². The van der Waals surface area contributed by atoms with Crippen LogP contribution in [0.25, 0.3) is 22.0 Å². The molecular formula is C38H34ClF6N7O4S. The Morgan fingerprint density at radius 1 is 1.07 bits per heavy atom. The van der Waals surface area contributed by atoms with Crippen LogP contribution in [0.3, 0.4) is 0 Å². The highest BCUT2D eigenvalue weighted by Crippen LogP contribution is 2.63. The lowest BCUT2D eigenvalue weighted by atomic mass is 9.73. The number of sulfonamides is 1. The zero-order valence-corrected chi connectivity index (χ0v) is 32.2. The Bertz CT molecular complexity index is 2610. The largest absolute Gasteiger partial charge is 0.378 e. The minimum atomic E-state index is -3.83. The lowest BCUT2D eigenvalue weighted by Crippen LogP contribution is -2.36. The van der Waals surface area contributed by atoms with Crippen LogP contribution >= 0.6 is 11.6 Å². The highest BCUT2D eigenvalue weighted by molar-refractivity contribution is 7.92. The highest BCUT2D eigenvalue weighted by Gasteiger charge is 2.62. The van der Waals surface area contributed by atoms with Gasteiger partial charge in [0.15, 0.2) is 5.82 Å². The summed E-state index contributed by atoms with van der Waals surface area (Å²) in [5.41, 5.74) is -2.20. The van der Waals surface area contributed by atoms with Crippen molar-refractivity contribution in [3.05, 3.63) is 93.0 Å². The van der Waals surface area contributed by atoms with Gasteiger partial charge in [0.25, 0.3) is 12.3 Å². The molecule has 0 radical (unpaired) electrons. The number of rotatable bonds is 10. The van der Waals surface area contributed by atoms with Crippen molar-refractivity contribution in [3.63, 3.8) is 0 Å². The van der Waals surface area contributed by atoms with Crippen molar-refractivity contribution in [2.45, 2.75) is 69.6 Å². The number of anilines is 1. The number of alkyl halides is 4. The third kappa shape index (κ3) is 7.80. The first-order valence-corrected chi connectivity index (χ1v) is 19.8. The molecule has 3 N–H and O–H groups in total. The predicted molar refractivity (Wildman–Crippen MR) is 198 cm³/mol. The number of benzene rings is 2. The molecule has 0 spiro atoms. The number of amides is 1. The van der Waals surface area contributed by atoms with E-state index >= 15 is 8.78 Å². The van der Waals surface area contributed by atoms with Crippen LogP contribution < -0.4 is 10.0 Å². The van der Waals surface area contributed by atoms with Crippen LogP contribution in [0.2, 0.25) is 5.02 Å². The summed E-state index contributed by atoms with van der Waals surface area (Å²) in [6, 6.07) is 7.49. The van der Waals surface area contributed by atoms with Crippen LogP contribution in [0.1, 0.15) is 79.0 Å². The molecule has 0 unspecified atom stereocenters. The van der Waals surface area contributed by atoms with E-state index in [0.29, 0.717) is 21.8 Å². The summed E-state index contributed by atoms with van der Waals surface area (Å²) in [6.45, 7) is 1.96. The Hall–Kier alpha value is -5.12. The standard InChI is InChI=1S/C38H34ClF6N7O4S/c1-37(2,54)12-11-21-5-6-22(23-8-10-26(39)30-33(23)51(3)49-36(30)50-57(4,55)56)31(46-21)27(15-18-13-19(40)16-20(41)14-18)47-28(53)17-52-34-29(32(48-52)35(42)43)24-7-9-25(24)38(34,44)45/h5-6,8,10,13-14,16,24-25,27,35,54H,7,9,15,17H2,1-4H3,(H,47,53)(H,49,50)/t24-,25+,27-/m0/s1. The molecule has 2 aliphatic carbocycles. The molecule has 300 valence electrons. The van der Waals surface area contributed by atoms with Gasteiger partial charge in [-0.25, -0.2) is 31.0 Å². The number of aliphatic hydroxyl groups is 1. The summed E-state index contributed by atoms with van der Waals surface area (Å²) < 4.78 is 117. The number of carbonyl (C=O) groups is 1. The average molecular weight is 834 g/mol. The number of aromatic nitrogens is 5. The van der Waals surface area contributed by atoms with Crippen molar-refractivity contribution < 1.29 is 44.7 Å². The molecule has 57 heavy (non-hydrogen) atoms. The minimum Gasteiger partial charge on any atom is -0.378 e. The van der Waals surface area contributed by atoms with E-state index in [4.69, 9.17) is 16.6 Å². The third-order valence-corrected chi connectivity index (χ3v) is 10.8. The van der Waals surface area contributed by atoms with Crippen LogP contribution in [0.5, 0.6) is 0 Å². The van der Waals surface area contributed by atoms with E-state index in [-0.39, 0.29) is 63.6 Å². The second kappa shape index (κ2) is 14.4. The summed E-state index contributed by atoms with van der Waals surface area (Å²) in [7, 11) is -2.30. The minimum absolute atomic E-state index is 0.0281. The van der Waals surface area contributed by atoms with Gasteiger partial charge in [0.05, 0.1) is 33.9 Å². The van der Waals surface area contributed by atoms with E-state index in [9.17, 15) is 35.9 Å². The fourth-order valence-corrected chi connectivity index (χ4v) is 8.33. The number of pyridine rings is 1. The van der Waals surface area contributed by atoms with Gasteiger partial charge in [-0.15, -0.1) is 0 Å². The number of hydrogen-bond acceptors (Lipinski definition) is 7. The summed E-state index contributed by atoms with van der Waals surface area (Å²) in [6.07, 6.45) is -2.19. The Morgan fingerprint density at radius 2 is 1.75 bits per heavy atom. The van der Waals surface area contributed by atoms with Crippen molar-refractivity contribution in [3.8, 4) is 23.0 Å². The first-order chi connectivity index (χ1) is 26.6. The topological polar surface area (TPSA) is 144 Å². The molecule has 1 fully saturated rings. The van der Waals surface area contributed by atoms with Crippen LogP contribution in [0.4, 0.5) is 32.2 Å². The maximum absolute atomic E-state index is 15.6. The molecular weight excluding hydrogens is 800 g/mol. The Morgan fingerprint density at radius 3 is 2.37 bits per heavy atom. The zero-order chi connectivity index (χ0) is 41.4.